The number of Topliss-reactive ketones (excluding diaryl/α,β-unsaturated/α-hetero) is 1. The van der Waals surface area contributed by atoms with Gasteiger partial charge in [-0.2, -0.15) is 0 Å². The van der Waals surface area contributed by atoms with Crippen LogP contribution in [0.1, 0.15) is 0 Å². The quantitative estimate of drug-likeness (QED) is 0.164. The molecule has 3 aliphatic heterocycles. The van der Waals surface area contributed by atoms with Crippen LogP contribution in [0.3, 0.4) is 0 Å². The first-order valence-electron chi connectivity index (χ1n) is 7.57. The first-order chi connectivity index (χ1) is 12.0. The fourth-order valence-electron chi connectivity index (χ4n) is 2.41. The second kappa shape index (κ2) is 8.08. The zero-order valence-corrected chi connectivity index (χ0v) is 18.1. The van der Waals surface area contributed by atoms with Gasteiger partial charge in [0, 0.05) is 45.3 Å². The van der Waals surface area contributed by atoms with Gasteiger partial charge < -0.3 is 34.3 Å². The summed E-state index contributed by atoms with van der Waals surface area (Å²) in [4.78, 5) is 63.0. The Labute approximate surface area is 176 Å². The molecule has 0 aromatic heterocycles. The Morgan fingerprint density at radius 3 is 1.67 bits per heavy atom. The van der Waals surface area contributed by atoms with Gasteiger partial charge in [-0.3, -0.25) is 14.2 Å². The van der Waals surface area contributed by atoms with Gasteiger partial charge in [0.05, 0.1) is 5.70 Å². The third kappa shape index (κ3) is 6.50. The molecule has 3 saturated heterocycles. The van der Waals surface area contributed by atoms with Crippen molar-refractivity contribution in [1.82, 2.24) is 14.7 Å². The van der Waals surface area contributed by atoms with E-state index in [1.54, 1.807) is 0 Å². The van der Waals surface area contributed by atoms with Gasteiger partial charge in [0.25, 0.3) is 7.82 Å². The molecule has 144 valence electrons. The molecule has 4 rings (SSSR count). The molecule has 27 heavy (non-hydrogen) atoms. The molecule has 4 aliphatic rings. The van der Waals surface area contributed by atoms with Crippen LogP contribution in [0.5, 0.6) is 0 Å². The molecule has 0 aromatic rings. The summed E-state index contributed by atoms with van der Waals surface area (Å²) < 4.78 is 21.9. The van der Waals surface area contributed by atoms with E-state index >= 15 is 0 Å². The van der Waals surface area contributed by atoms with Crippen LogP contribution in [0.4, 0.5) is 0 Å². The molecule has 1 aliphatic carbocycles. The zero-order chi connectivity index (χ0) is 19.3. The van der Waals surface area contributed by atoms with Crippen LogP contribution in [0.2, 0.25) is 0 Å². The minimum absolute atomic E-state index is 0. The van der Waals surface area contributed by atoms with Gasteiger partial charge in [0.1, 0.15) is 11.4 Å². The average molecular weight is 431 g/mol. The third-order valence-corrected chi connectivity index (χ3v) is 5.37. The molecular weight excluding hydrogens is 415 g/mol. The Bertz CT molecular complexity index is 785. The number of carbonyl (C=O) groups is 2. The molecule has 0 spiro atoms. The van der Waals surface area contributed by atoms with Crippen molar-refractivity contribution < 1.29 is 72.2 Å². The standard InChI is InChI=1S/C12H13N3O2.Na.H4O7P2/c16-9-7-8(13-1-2-13)12(17)11(15-5-6-15)10(9)14-3-4-14;;1-8(2,3)7-9(4,5)6/h7H,1-6H2;;(H2,1,2,3)(H2,4,5,6)/q;+1;/p-1. The SMILES string of the molecule is O=C1C=C(N2CC2)C(=O)C(N2CC2)=C1N1CC1.O=P([O-])(O)OP(=O)(O)O.[Na+]. The summed E-state index contributed by atoms with van der Waals surface area (Å²) in [5.74, 6) is 0.0485. The molecule has 0 bridgehead atoms. The second-order valence-electron chi connectivity index (χ2n) is 5.92. The third-order valence-electron chi connectivity index (χ3n) is 3.70. The molecule has 3 heterocycles. The number of rotatable bonds is 5. The molecule has 0 amide bonds. The Kier molecular flexibility index (Phi) is 6.81. The maximum absolute atomic E-state index is 12.4. The Hall–Kier alpha value is -0.520. The normalized spacial score (nSPS) is 23.1. The Balaban J connectivity index is 0.000000228. The van der Waals surface area contributed by atoms with Crippen molar-refractivity contribution in [3.63, 3.8) is 0 Å². The van der Waals surface area contributed by atoms with Crippen LogP contribution in [0, 0.1) is 0 Å². The van der Waals surface area contributed by atoms with Crippen LogP contribution in [-0.2, 0) is 23.0 Å². The van der Waals surface area contributed by atoms with E-state index in [-0.39, 0.29) is 41.1 Å². The van der Waals surface area contributed by atoms with E-state index in [0.29, 0.717) is 17.1 Å². The van der Waals surface area contributed by atoms with Gasteiger partial charge in [-0.15, -0.1) is 0 Å². The molecule has 1 atom stereocenters. The number of phosphoric acid groups is 2. The molecule has 3 N–H and O–H groups in total. The maximum atomic E-state index is 12.4. The van der Waals surface area contributed by atoms with E-state index < -0.39 is 15.6 Å². The van der Waals surface area contributed by atoms with Gasteiger partial charge in [0.15, 0.2) is 0 Å². The predicted octanol–water partition coefficient (Wildman–Crippen LogP) is -5.26. The molecular formula is C12H16N3NaO9P2. The monoisotopic (exact) mass is 431 g/mol. The first kappa shape index (κ1) is 22.8. The summed E-state index contributed by atoms with van der Waals surface area (Å²) in [7, 11) is -10.4. The minimum atomic E-state index is -5.30. The number of ketones is 2. The molecule has 0 aromatic carbocycles. The molecule has 3 fully saturated rings. The number of carbonyl (C=O) groups excluding carboxylic acids is 2. The Morgan fingerprint density at radius 1 is 0.889 bits per heavy atom. The summed E-state index contributed by atoms with van der Waals surface area (Å²) in [5, 5.41) is 0. The first-order valence-corrected chi connectivity index (χ1v) is 10.6. The van der Waals surface area contributed by atoms with E-state index in [9.17, 15) is 23.6 Å². The molecule has 0 radical (unpaired) electrons. The van der Waals surface area contributed by atoms with E-state index in [4.69, 9.17) is 14.7 Å². The van der Waals surface area contributed by atoms with Crippen LogP contribution >= 0.6 is 15.6 Å². The topological polar surface area (TPSA) is 170 Å². The van der Waals surface area contributed by atoms with Crippen molar-refractivity contribution in [1.29, 1.82) is 0 Å². The minimum Gasteiger partial charge on any atom is -0.756 e. The average Bonchev–Trinajstić information content (AvgIpc) is 3.33. The second-order valence-corrected chi connectivity index (χ2v) is 8.49. The van der Waals surface area contributed by atoms with Gasteiger partial charge in [-0.05, 0) is 0 Å². The number of nitrogens with zero attached hydrogens (tertiary/aromatic N) is 3. The van der Waals surface area contributed by atoms with E-state index in [2.05, 4.69) is 4.31 Å². The van der Waals surface area contributed by atoms with Gasteiger partial charge >= 0.3 is 37.4 Å². The smallest absolute Gasteiger partial charge is 0.756 e. The molecule has 1 unspecified atom stereocenters. The fourth-order valence-corrected chi connectivity index (χ4v) is 3.49. The van der Waals surface area contributed by atoms with Gasteiger partial charge in [0.2, 0.25) is 11.6 Å². The van der Waals surface area contributed by atoms with E-state index in [0.717, 1.165) is 39.3 Å². The number of hydrogen-bond donors (Lipinski definition) is 3. The van der Waals surface area contributed by atoms with Crippen molar-refractivity contribution in [2.75, 3.05) is 39.3 Å². The van der Waals surface area contributed by atoms with Crippen LogP contribution in [-0.4, -0.2) is 80.2 Å². The van der Waals surface area contributed by atoms with Crippen LogP contribution in [0.15, 0.2) is 23.2 Å². The van der Waals surface area contributed by atoms with Gasteiger partial charge in [-0.1, -0.05) is 0 Å². The zero-order valence-electron chi connectivity index (χ0n) is 14.3. The largest absolute Gasteiger partial charge is 1.00 e. The summed E-state index contributed by atoms with van der Waals surface area (Å²) >= 11 is 0. The van der Waals surface area contributed by atoms with Crippen molar-refractivity contribution >= 4 is 27.2 Å². The van der Waals surface area contributed by atoms with Crippen molar-refractivity contribution in [3.8, 4) is 0 Å². The van der Waals surface area contributed by atoms with Crippen molar-refractivity contribution in [2.24, 2.45) is 0 Å². The number of hydrogen-bond acceptors (Lipinski definition) is 9. The summed E-state index contributed by atoms with van der Waals surface area (Å²) in [6.07, 6.45) is 1.52. The fraction of sp³-hybridized carbons (Fsp3) is 0.500. The molecule has 15 heteroatoms. The summed E-state index contributed by atoms with van der Waals surface area (Å²) in [6, 6.07) is 0. The van der Waals surface area contributed by atoms with Gasteiger partial charge in [-0.25, -0.2) is 8.88 Å². The Morgan fingerprint density at radius 2 is 1.33 bits per heavy atom. The van der Waals surface area contributed by atoms with E-state index in [1.807, 2.05) is 14.7 Å². The van der Waals surface area contributed by atoms with Crippen LogP contribution in [0.25, 0.3) is 0 Å². The molecule has 0 saturated carbocycles. The van der Waals surface area contributed by atoms with Crippen LogP contribution < -0.4 is 34.5 Å². The van der Waals surface area contributed by atoms with E-state index in [1.165, 1.54) is 6.08 Å². The summed E-state index contributed by atoms with van der Waals surface area (Å²) in [6.45, 7) is 5.41. The number of allylic oxidation sites excluding steroid dienone is 1. The maximum Gasteiger partial charge on any atom is 1.00 e. The van der Waals surface area contributed by atoms with Crippen molar-refractivity contribution in [2.45, 2.75) is 0 Å². The predicted molar refractivity (Wildman–Crippen MR) is 82.8 cm³/mol. The summed E-state index contributed by atoms with van der Waals surface area (Å²) in [5.41, 5.74) is 1.89. The van der Waals surface area contributed by atoms with Crippen molar-refractivity contribution in [3.05, 3.63) is 23.2 Å². The molecule has 12 nitrogen and oxygen atoms in total.